The van der Waals surface area contributed by atoms with E-state index in [9.17, 15) is 4.79 Å². The van der Waals surface area contributed by atoms with Gasteiger partial charge in [-0.05, 0) is 63.3 Å². The van der Waals surface area contributed by atoms with E-state index in [1.54, 1.807) is 6.08 Å². The predicted octanol–water partition coefficient (Wildman–Crippen LogP) is 5.36. The van der Waals surface area contributed by atoms with Crippen molar-refractivity contribution in [2.45, 2.75) is 6.61 Å². The molecule has 1 aliphatic heterocycles. The van der Waals surface area contributed by atoms with Crippen LogP contribution in [-0.4, -0.2) is 15.7 Å². The van der Waals surface area contributed by atoms with Crippen molar-refractivity contribution in [3.8, 4) is 5.75 Å². The first kappa shape index (κ1) is 17.3. The number of nitrogens with zero attached hydrogens (tertiary/aromatic N) is 1. The highest BCUT2D eigenvalue weighted by atomic mass is 79.9. The minimum Gasteiger partial charge on any atom is -0.488 e. The van der Waals surface area contributed by atoms with Gasteiger partial charge < -0.3 is 4.74 Å². The van der Waals surface area contributed by atoms with E-state index >= 15 is 0 Å². The van der Waals surface area contributed by atoms with Crippen molar-refractivity contribution in [2.75, 3.05) is 6.26 Å². The van der Waals surface area contributed by atoms with Gasteiger partial charge in [-0.3, -0.25) is 4.79 Å². The second kappa shape index (κ2) is 8.05. The average molecular weight is 420 g/mol. The molecule has 24 heavy (non-hydrogen) atoms. The Bertz CT molecular complexity index is 819. The summed E-state index contributed by atoms with van der Waals surface area (Å²) >= 11 is 6.18. The Morgan fingerprint density at radius 1 is 1.25 bits per heavy atom. The number of hydrogen-bond acceptors (Lipinski definition) is 5. The first-order valence-corrected chi connectivity index (χ1v) is 10.0. The van der Waals surface area contributed by atoms with Gasteiger partial charge in [-0.2, -0.15) is 0 Å². The van der Waals surface area contributed by atoms with Crippen molar-refractivity contribution in [2.24, 2.45) is 4.99 Å². The zero-order chi connectivity index (χ0) is 16.9. The number of carbonyl (C=O) groups excluding carboxylic acids is 1. The van der Waals surface area contributed by atoms with Gasteiger partial charge in [0.1, 0.15) is 22.4 Å². The fraction of sp³-hybridized carbons (Fsp3) is 0.111. The van der Waals surface area contributed by atoms with Crippen LogP contribution in [0.15, 0.2) is 63.7 Å². The molecular weight excluding hydrogens is 406 g/mol. The Morgan fingerprint density at radius 2 is 2.04 bits per heavy atom. The van der Waals surface area contributed by atoms with Gasteiger partial charge in [0.15, 0.2) is 0 Å². The maximum atomic E-state index is 11.9. The minimum absolute atomic E-state index is 0.0140. The molecule has 0 unspecified atom stereocenters. The lowest BCUT2D eigenvalue weighted by Gasteiger charge is -2.09. The van der Waals surface area contributed by atoms with Crippen LogP contribution in [0.4, 0.5) is 0 Å². The average Bonchev–Trinajstić information content (AvgIpc) is 2.95. The van der Waals surface area contributed by atoms with Crippen LogP contribution >= 0.6 is 39.5 Å². The van der Waals surface area contributed by atoms with E-state index in [1.165, 1.54) is 23.5 Å². The number of thioether (sulfide) groups is 2. The van der Waals surface area contributed by atoms with Crippen LogP contribution in [-0.2, 0) is 11.4 Å². The molecule has 0 amide bonds. The molecule has 0 saturated heterocycles. The van der Waals surface area contributed by atoms with Crippen molar-refractivity contribution in [3.63, 3.8) is 0 Å². The van der Waals surface area contributed by atoms with Gasteiger partial charge in [-0.25, -0.2) is 4.99 Å². The normalized spacial score (nSPS) is 15.7. The fourth-order valence-electron chi connectivity index (χ4n) is 2.09. The molecule has 0 N–H and O–H groups in total. The number of hydrogen-bond donors (Lipinski definition) is 0. The molecule has 0 saturated carbocycles. The highest BCUT2D eigenvalue weighted by molar-refractivity contribution is 9.10. The minimum atomic E-state index is -0.0140. The molecule has 3 nitrogen and oxygen atoms in total. The summed E-state index contributed by atoms with van der Waals surface area (Å²) in [5.74, 6) is 0.765. The SMILES string of the molecule is CSC1=NC(=Cc2ccc(OCc3ccccc3)c(Br)c2)C(=O)S1. The molecule has 0 spiro atoms. The van der Waals surface area contributed by atoms with E-state index < -0.39 is 0 Å². The van der Waals surface area contributed by atoms with E-state index in [-0.39, 0.29) is 5.12 Å². The van der Waals surface area contributed by atoms with E-state index in [2.05, 4.69) is 20.9 Å². The molecule has 3 rings (SSSR count). The Morgan fingerprint density at radius 3 is 2.71 bits per heavy atom. The standard InChI is InChI=1S/C18H14BrNO2S2/c1-23-18-20-15(17(21)24-18)10-13-7-8-16(14(19)9-13)22-11-12-5-3-2-4-6-12/h2-10H,11H2,1H3. The van der Waals surface area contributed by atoms with Crippen molar-refractivity contribution >= 4 is 55.0 Å². The zero-order valence-corrected chi connectivity index (χ0v) is 16.1. The number of carbonyl (C=O) groups is 1. The first-order valence-electron chi connectivity index (χ1n) is 7.18. The topological polar surface area (TPSA) is 38.7 Å². The Labute approximate surface area is 157 Å². The van der Waals surface area contributed by atoms with Crippen LogP contribution in [0.3, 0.4) is 0 Å². The lowest BCUT2D eigenvalue weighted by molar-refractivity contribution is -0.107. The molecule has 0 fully saturated rings. The van der Waals surface area contributed by atoms with Gasteiger partial charge in [0, 0.05) is 0 Å². The summed E-state index contributed by atoms with van der Waals surface area (Å²) in [5.41, 5.74) is 2.50. The summed E-state index contributed by atoms with van der Waals surface area (Å²) in [6.07, 6.45) is 3.71. The fourth-order valence-corrected chi connectivity index (χ4v) is 3.87. The highest BCUT2D eigenvalue weighted by Gasteiger charge is 2.21. The van der Waals surface area contributed by atoms with Crippen molar-refractivity contribution in [1.82, 2.24) is 0 Å². The molecule has 6 heteroatoms. The Hall–Kier alpha value is -1.50. The number of ether oxygens (including phenoxy) is 1. The summed E-state index contributed by atoms with van der Waals surface area (Å²) in [7, 11) is 0. The molecule has 0 atom stereocenters. The van der Waals surface area contributed by atoms with Gasteiger partial charge >= 0.3 is 0 Å². The summed E-state index contributed by atoms with van der Waals surface area (Å²) in [4.78, 5) is 16.2. The summed E-state index contributed by atoms with van der Waals surface area (Å²) < 4.78 is 7.47. The van der Waals surface area contributed by atoms with E-state index in [4.69, 9.17) is 4.74 Å². The van der Waals surface area contributed by atoms with Gasteiger partial charge in [0.25, 0.3) is 0 Å². The molecule has 0 aromatic heterocycles. The molecule has 122 valence electrons. The van der Waals surface area contributed by atoms with Crippen molar-refractivity contribution in [3.05, 3.63) is 69.8 Å². The summed E-state index contributed by atoms with van der Waals surface area (Å²) in [6.45, 7) is 0.510. The lowest BCUT2D eigenvalue weighted by atomic mass is 10.2. The predicted molar refractivity (Wildman–Crippen MR) is 106 cm³/mol. The Balaban J connectivity index is 1.73. The molecular formula is C18H14BrNO2S2. The molecule has 0 aliphatic carbocycles. The highest BCUT2D eigenvalue weighted by Crippen LogP contribution is 2.32. The third-order valence-electron chi connectivity index (χ3n) is 3.27. The molecule has 2 aromatic carbocycles. The van der Waals surface area contributed by atoms with Gasteiger partial charge in [-0.15, -0.1) is 11.8 Å². The Kier molecular flexibility index (Phi) is 5.81. The molecule has 1 aliphatic rings. The third kappa shape index (κ3) is 4.32. The molecule has 0 bridgehead atoms. The molecule has 1 heterocycles. The second-order valence-electron chi connectivity index (χ2n) is 4.97. The number of halogens is 1. The largest absolute Gasteiger partial charge is 0.488 e. The van der Waals surface area contributed by atoms with E-state index in [0.717, 1.165) is 25.7 Å². The maximum absolute atomic E-state index is 11.9. The van der Waals surface area contributed by atoms with E-state index in [0.29, 0.717) is 12.3 Å². The number of rotatable bonds is 4. The lowest BCUT2D eigenvalue weighted by Crippen LogP contribution is -1.96. The van der Waals surface area contributed by atoms with Crippen LogP contribution in [0.1, 0.15) is 11.1 Å². The van der Waals surface area contributed by atoms with Crippen LogP contribution in [0, 0.1) is 0 Å². The summed E-state index contributed by atoms with van der Waals surface area (Å²) in [6, 6.07) is 15.8. The van der Waals surface area contributed by atoms with E-state index in [1.807, 2.05) is 54.8 Å². The third-order valence-corrected chi connectivity index (χ3v) is 5.74. The monoisotopic (exact) mass is 419 g/mol. The van der Waals surface area contributed by atoms with Crippen LogP contribution in [0.5, 0.6) is 5.75 Å². The van der Waals surface area contributed by atoms with Crippen molar-refractivity contribution in [1.29, 1.82) is 0 Å². The van der Waals surface area contributed by atoms with Crippen LogP contribution in [0.2, 0.25) is 0 Å². The van der Waals surface area contributed by atoms with Gasteiger partial charge in [-0.1, -0.05) is 36.4 Å². The van der Waals surface area contributed by atoms with Gasteiger partial charge in [0.2, 0.25) is 5.12 Å². The zero-order valence-electron chi connectivity index (χ0n) is 12.9. The number of aliphatic imine (C=N–C) groups is 1. The van der Waals surface area contributed by atoms with Crippen LogP contribution in [0.25, 0.3) is 6.08 Å². The molecule has 2 aromatic rings. The smallest absolute Gasteiger partial charge is 0.244 e. The molecule has 0 radical (unpaired) electrons. The second-order valence-corrected chi connectivity index (χ2v) is 7.83. The summed E-state index contributed by atoms with van der Waals surface area (Å²) in [5, 5.41) is -0.0140. The van der Waals surface area contributed by atoms with Crippen LogP contribution < -0.4 is 4.74 Å². The maximum Gasteiger partial charge on any atom is 0.244 e. The van der Waals surface area contributed by atoms with Gasteiger partial charge in [0.05, 0.1) is 4.47 Å². The van der Waals surface area contributed by atoms with Crippen molar-refractivity contribution < 1.29 is 9.53 Å². The quantitative estimate of drug-likeness (QED) is 0.624. The first-order chi connectivity index (χ1) is 11.7. The number of benzene rings is 2.